The molecule has 0 radical (unpaired) electrons. The van der Waals surface area contributed by atoms with Crippen LogP contribution in [0.5, 0.6) is 0 Å². The van der Waals surface area contributed by atoms with E-state index in [1.165, 1.54) is 41.4 Å². The Labute approximate surface area is 183 Å². The average molecular weight is 426 g/mol. The molecule has 1 saturated carbocycles. The van der Waals surface area contributed by atoms with Gasteiger partial charge in [0.1, 0.15) is 5.82 Å². The summed E-state index contributed by atoms with van der Waals surface area (Å²) in [4.78, 5) is 26.0. The van der Waals surface area contributed by atoms with Gasteiger partial charge in [-0.25, -0.2) is 9.97 Å². The Morgan fingerprint density at radius 2 is 1.83 bits per heavy atom. The number of rotatable bonds is 6. The number of carbonyl (C=O) groups excluding carboxylic acids is 1. The van der Waals surface area contributed by atoms with E-state index in [0.717, 1.165) is 44.8 Å². The summed E-state index contributed by atoms with van der Waals surface area (Å²) in [6, 6.07) is 8.98. The average Bonchev–Trinajstić information content (AvgIpc) is 3.27. The molecule has 0 unspecified atom stereocenters. The summed E-state index contributed by atoms with van der Waals surface area (Å²) in [5, 5.41) is 3.80. The number of aromatic nitrogens is 2. The number of hydrogen-bond donors (Lipinski definition) is 1. The molecule has 1 aromatic carbocycles. The van der Waals surface area contributed by atoms with E-state index in [-0.39, 0.29) is 5.91 Å². The number of benzene rings is 1. The molecule has 4 rings (SSSR count). The zero-order valence-corrected chi connectivity index (χ0v) is 18.7. The highest BCUT2D eigenvalue weighted by molar-refractivity contribution is 7.99. The van der Waals surface area contributed by atoms with Gasteiger partial charge in [-0.15, -0.1) is 0 Å². The van der Waals surface area contributed by atoms with Crippen molar-refractivity contribution in [2.75, 3.05) is 41.7 Å². The summed E-state index contributed by atoms with van der Waals surface area (Å²) in [5.74, 6) is 1.41. The Kier molecular flexibility index (Phi) is 6.77. The maximum absolute atomic E-state index is 12.2. The van der Waals surface area contributed by atoms with Crippen LogP contribution in [0.1, 0.15) is 36.8 Å². The number of thioether (sulfide) groups is 1. The van der Waals surface area contributed by atoms with Crippen molar-refractivity contribution in [3.05, 3.63) is 41.6 Å². The number of anilines is 2. The van der Waals surface area contributed by atoms with Gasteiger partial charge in [-0.2, -0.15) is 0 Å². The molecule has 1 aromatic heterocycles. The summed E-state index contributed by atoms with van der Waals surface area (Å²) < 4.78 is 0. The van der Waals surface area contributed by atoms with Gasteiger partial charge >= 0.3 is 0 Å². The highest BCUT2D eigenvalue weighted by Gasteiger charge is 2.21. The molecule has 1 aliphatic heterocycles. The lowest BCUT2D eigenvalue weighted by Crippen LogP contribution is -2.47. The molecule has 0 spiro atoms. The molecule has 2 heterocycles. The van der Waals surface area contributed by atoms with Gasteiger partial charge in [-0.3, -0.25) is 4.79 Å². The molecule has 7 heteroatoms. The fourth-order valence-corrected chi connectivity index (χ4v) is 4.92. The lowest BCUT2D eigenvalue weighted by atomic mass is 10.1. The molecule has 1 amide bonds. The smallest absolute Gasteiger partial charge is 0.230 e. The van der Waals surface area contributed by atoms with Gasteiger partial charge in [-0.1, -0.05) is 36.7 Å². The molecular formula is C23H31N5OS. The van der Waals surface area contributed by atoms with Crippen molar-refractivity contribution in [2.45, 2.75) is 50.7 Å². The predicted octanol–water partition coefficient (Wildman–Crippen LogP) is 3.57. The minimum atomic E-state index is 0.0861. The zero-order valence-electron chi connectivity index (χ0n) is 17.9. The fraction of sp³-hybridized carbons (Fsp3) is 0.522. The maximum Gasteiger partial charge on any atom is 0.230 e. The molecule has 6 nitrogen and oxygen atoms in total. The van der Waals surface area contributed by atoms with Crippen molar-refractivity contribution in [3.63, 3.8) is 0 Å². The van der Waals surface area contributed by atoms with Gasteiger partial charge in [-0.05, 0) is 49.9 Å². The zero-order chi connectivity index (χ0) is 20.9. The largest absolute Gasteiger partial charge is 0.368 e. The Hall–Kier alpha value is -2.28. The minimum absolute atomic E-state index is 0.0861. The second-order valence-corrected chi connectivity index (χ2v) is 9.24. The van der Waals surface area contributed by atoms with Crippen LogP contribution in [0.4, 0.5) is 11.5 Å². The van der Waals surface area contributed by atoms with Gasteiger partial charge in [0.05, 0.1) is 5.75 Å². The Balaban J connectivity index is 1.31. The first-order chi connectivity index (χ1) is 14.6. The number of piperazine rings is 1. The monoisotopic (exact) mass is 425 g/mol. The van der Waals surface area contributed by atoms with E-state index < -0.39 is 0 Å². The third-order valence-electron chi connectivity index (χ3n) is 5.98. The lowest BCUT2D eigenvalue weighted by Gasteiger charge is -2.37. The Bertz CT molecular complexity index is 876. The number of nitrogens with zero attached hydrogens (tertiary/aromatic N) is 4. The van der Waals surface area contributed by atoms with Crippen molar-refractivity contribution >= 4 is 29.2 Å². The van der Waals surface area contributed by atoms with Crippen molar-refractivity contribution < 1.29 is 4.79 Å². The van der Waals surface area contributed by atoms with E-state index in [9.17, 15) is 4.79 Å². The van der Waals surface area contributed by atoms with Crippen LogP contribution in [-0.2, 0) is 4.79 Å². The number of amides is 1. The molecule has 0 bridgehead atoms. The highest BCUT2D eigenvalue weighted by atomic mass is 32.2. The highest BCUT2D eigenvalue weighted by Crippen LogP contribution is 2.25. The maximum atomic E-state index is 12.2. The summed E-state index contributed by atoms with van der Waals surface area (Å²) in [6.45, 7) is 8.12. The SMILES string of the molecule is Cc1ccc(C)c(N2CCN(c3ccnc(SCC(=O)NC4CCCC4)n3)CC2)c1. The second-order valence-electron chi connectivity index (χ2n) is 8.30. The normalized spacial score (nSPS) is 17.4. The summed E-state index contributed by atoms with van der Waals surface area (Å²) in [7, 11) is 0. The fourth-order valence-electron chi connectivity index (χ4n) is 4.28. The molecular weight excluding hydrogens is 394 g/mol. The quantitative estimate of drug-likeness (QED) is 0.564. The summed E-state index contributed by atoms with van der Waals surface area (Å²) in [5.41, 5.74) is 3.96. The van der Waals surface area contributed by atoms with Gasteiger partial charge in [0.25, 0.3) is 0 Å². The third-order valence-corrected chi connectivity index (χ3v) is 6.84. The first kappa shape index (κ1) is 21.0. The third kappa shape index (κ3) is 5.25. The van der Waals surface area contributed by atoms with E-state index in [4.69, 9.17) is 4.98 Å². The number of nitrogens with one attached hydrogen (secondary N) is 1. The Morgan fingerprint density at radius 1 is 1.10 bits per heavy atom. The van der Waals surface area contributed by atoms with Crippen molar-refractivity contribution in [1.82, 2.24) is 15.3 Å². The van der Waals surface area contributed by atoms with Crippen molar-refractivity contribution in [3.8, 4) is 0 Å². The van der Waals surface area contributed by atoms with Crippen LogP contribution in [0.25, 0.3) is 0 Å². The van der Waals surface area contributed by atoms with Gasteiger partial charge < -0.3 is 15.1 Å². The minimum Gasteiger partial charge on any atom is -0.368 e. The molecule has 2 aromatic rings. The van der Waals surface area contributed by atoms with Crippen LogP contribution in [0, 0.1) is 13.8 Å². The summed E-state index contributed by atoms with van der Waals surface area (Å²) >= 11 is 1.42. The van der Waals surface area contributed by atoms with E-state index in [1.807, 2.05) is 6.07 Å². The molecule has 1 saturated heterocycles. The molecule has 1 N–H and O–H groups in total. The van der Waals surface area contributed by atoms with Crippen molar-refractivity contribution in [2.24, 2.45) is 0 Å². The Morgan fingerprint density at radius 3 is 2.60 bits per heavy atom. The molecule has 1 aliphatic carbocycles. The van der Waals surface area contributed by atoms with Gasteiger partial charge in [0.15, 0.2) is 5.16 Å². The van der Waals surface area contributed by atoms with E-state index in [1.54, 1.807) is 6.20 Å². The summed E-state index contributed by atoms with van der Waals surface area (Å²) in [6.07, 6.45) is 6.46. The van der Waals surface area contributed by atoms with Crippen LogP contribution in [0.15, 0.2) is 35.6 Å². The first-order valence-corrected chi connectivity index (χ1v) is 11.9. The predicted molar refractivity (Wildman–Crippen MR) is 123 cm³/mol. The number of carbonyl (C=O) groups is 1. The molecule has 2 aliphatic rings. The van der Waals surface area contributed by atoms with E-state index in [0.29, 0.717) is 17.0 Å². The molecule has 2 fully saturated rings. The van der Waals surface area contributed by atoms with Crippen molar-refractivity contribution in [1.29, 1.82) is 0 Å². The number of hydrogen-bond acceptors (Lipinski definition) is 6. The molecule has 30 heavy (non-hydrogen) atoms. The first-order valence-electron chi connectivity index (χ1n) is 10.9. The van der Waals surface area contributed by atoms with Gasteiger partial charge in [0, 0.05) is 44.1 Å². The number of aryl methyl sites for hydroxylation is 2. The van der Waals surface area contributed by atoms with Crippen LogP contribution < -0.4 is 15.1 Å². The second kappa shape index (κ2) is 9.69. The lowest BCUT2D eigenvalue weighted by molar-refractivity contribution is -0.119. The van der Waals surface area contributed by atoms with Crippen LogP contribution in [0.2, 0.25) is 0 Å². The molecule has 160 valence electrons. The topological polar surface area (TPSA) is 61.4 Å². The van der Waals surface area contributed by atoms with Gasteiger partial charge in [0.2, 0.25) is 5.91 Å². The standard InChI is InChI=1S/C23H31N5OS/c1-17-7-8-18(2)20(15-17)27-11-13-28(14-12-27)21-9-10-24-23(26-21)30-16-22(29)25-19-5-3-4-6-19/h7-10,15,19H,3-6,11-14,16H2,1-2H3,(H,25,29). The van der Waals surface area contributed by atoms with Crippen LogP contribution in [-0.4, -0.2) is 53.8 Å². The van der Waals surface area contributed by atoms with Crippen LogP contribution in [0.3, 0.4) is 0 Å². The molecule has 0 atom stereocenters. The van der Waals surface area contributed by atoms with E-state index >= 15 is 0 Å². The van der Waals surface area contributed by atoms with Crippen LogP contribution >= 0.6 is 11.8 Å². The van der Waals surface area contributed by atoms with E-state index in [2.05, 4.69) is 52.1 Å².